The molecule has 0 unspecified atom stereocenters. The van der Waals surface area contributed by atoms with Crippen molar-refractivity contribution < 1.29 is 17.6 Å². The van der Waals surface area contributed by atoms with Crippen LogP contribution >= 0.6 is 0 Å². The lowest BCUT2D eigenvalue weighted by molar-refractivity contribution is -0.125. The molecule has 1 aliphatic heterocycles. The molecule has 1 fully saturated rings. The van der Waals surface area contributed by atoms with Gasteiger partial charge < -0.3 is 4.90 Å². The largest absolute Gasteiger partial charge is 0.309 e. The molecule has 2 aromatic rings. The average Bonchev–Trinajstić information content (AvgIpc) is 2.90. The van der Waals surface area contributed by atoms with Gasteiger partial charge in [0.15, 0.2) is 0 Å². The maximum atomic E-state index is 13.3. The Balaban J connectivity index is 1.62. The number of carbonyl (C=O) groups is 1. The fourth-order valence-corrected chi connectivity index (χ4v) is 5.09. The molecule has 0 saturated heterocycles. The van der Waals surface area contributed by atoms with Crippen LogP contribution in [0.2, 0.25) is 0 Å². The first-order valence-corrected chi connectivity index (χ1v) is 11.0. The van der Waals surface area contributed by atoms with E-state index in [-0.39, 0.29) is 22.8 Å². The van der Waals surface area contributed by atoms with Crippen LogP contribution in [-0.4, -0.2) is 20.4 Å². The number of anilines is 2. The maximum Gasteiger partial charge on any atom is 0.261 e. The molecule has 4 rings (SSSR count). The van der Waals surface area contributed by atoms with Crippen LogP contribution in [0.15, 0.2) is 41.3 Å². The van der Waals surface area contributed by atoms with Crippen molar-refractivity contribution in [3.8, 4) is 0 Å². The first kappa shape index (κ1) is 18.9. The fraction of sp³-hybridized carbons (Fsp3) is 0.381. The number of amides is 1. The lowest BCUT2D eigenvalue weighted by Crippen LogP contribution is -2.42. The Hall–Kier alpha value is -2.41. The molecule has 148 valence electrons. The van der Waals surface area contributed by atoms with Crippen LogP contribution in [0, 0.1) is 18.7 Å². The summed E-state index contributed by atoms with van der Waals surface area (Å²) in [6.07, 6.45) is 3.60. The molecule has 0 spiro atoms. The number of fused-ring (bicyclic) bond motifs is 1. The van der Waals surface area contributed by atoms with Crippen molar-refractivity contribution in [1.29, 1.82) is 0 Å². The van der Waals surface area contributed by atoms with Crippen molar-refractivity contribution in [3.05, 3.63) is 53.3 Å². The van der Waals surface area contributed by atoms with Gasteiger partial charge >= 0.3 is 0 Å². The van der Waals surface area contributed by atoms with E-state index in [1.165, 1.54) is 24.3 Å². The highest BCUT2D eigenvalue weighted by Crippen LogP contribution is 2.38. The number of carbonyl (C=O) groups excluding carboxylic acids is 1. The van der Waals surface area contributed by atoms with E-state index >= 15 is 0 Å². The highest BCUT2D eigenvalue weighted by Gasteiger charge is 2.37. The van der Waals surface area contributed by atoms with Gasteiger partial charge in [0.1, 0.15) is 5.82 Å². The minimum absolute atomic E-state index is 0.0216. The third-order valence-corrected chi connectivity index (χ3v) is 7.06. The summed E-state index contributed by atoms with van der Waals surface area (Å²) in [4.78, 5) is 14.7. The third-order valence-electron chi connectivity index (χ3n) is 5.70. The van der Waals surface area contributed by atoms with Crippen LogP contribution in [-0.2, 0) is 21.2 Å². The molecular formula is C21H23FN2O3S. The fourth-order valence-electron chi connectivity index (χ4n) is 3.91. The normalized spacial score (nSPS) is 19.2. The van der Waals surface area contributed by atoms with Gasteiger partial charge in [0.2, 0.25) is 5.91 Å². The summed E-state index contributed by atoms with van der Waals surface area (Å²) in [7, 11) is -3.81. The van der Waals surface area contributed by atoms with Crippen LogP contribution in [0.1, 0.15) is 37.3 Å². The summed E-state index contributed by atoms with van der Waals surface area (Å²) in [6.45, 7) is 3.64. The van der Waals surface area contributed by atoms with Gasteiger partial charge in [-0.3, -0.25) is 9.52 Å². The Bertz CT molecular complexity index is 1050. The number of halogens is 1. The monoisotopic (exact) mass is 402 g/mol. The van der Waals surface area contributed by atoms with E-state index in [1.54, 1.807) is 19.1 Å². The highest BCUT2D eigenvalue weighted by molar-refractivity contribution is 7.92. The highest BCUT2D eigenvalue weighted by atomic mass is 32.2. The van der Waals surface area contributed by atoms with E-state index in [0.29, 0.717) is 17.7 Å². The van der Waals surface area contributed by atoms with Crippen molar-refractivity contribution in [2.45, 2.75) is 50.5 Å². The van der Waals surface area contributed by atoms with E-state index in [9.17, 15) is 17.6 Å². The zero-order valence-electron chi connectivity index (χ0n) is 15.9. The molecule has 5 nitrogen and oxygen atoms in total. The molecule has 7 heteroatoms. The average molecular weight is 402 g/mol. The number of benzene rings is 2. The summed E-state index contributed by atoms with van der Waals surface area (Å²) >= 11 is 0. The lowest BCUT2D eigenvalue weighted by atomic mass is 9.84. The Morgan fingerprint density at radius 2 is 1.93 bits per heavy atom. The van der Waals surface area contributed by atoms with Crippen LogP contribution in [0.5, 0.6) is 0 Å². The number of nitrogens with one attached hydrogen (secondary N) is 1. The van der Waals surface area contributed by atoms with E-state index in [4.69, 9.17) is 0 Å². The number of aryl methyl sites for hydroxylation is 1. The number of hydrogen-bond acceptors (Lipinski definition) is 3. The van der Waals surface area contributed by atoms with E-state index in [0.717, 1.165) is 30.5 Å². The predicted molar refractivity (Wildman–Crippen MR) is 106 cm³/mol. The molecule has 0 bridgehead atoms. The molecule has 1 N–H and O–H groups in total. The number of hydrogen-bond donors (Lipinski definition) is 1. The Kier molecular flexibility index (Phi) is 4.65. The Morgan fingerprint density at radius 1 is 1.18 bits per heavy atom. The molecular weight excluding hydrogens is 379 g/mol. The molecule has 28 heavy (non-hydrogen) atoms. The van der Waals surface area contributed by atoms with E-state index < -0.39 is 15.8 Å². The molecule has 0 radical (unpaired) electrons. The second-order valence-electron chi connectivity index (χ2n) is 7.74. The van der Waals surface area contributed by atoms with E-state index in [1.807, 2.05) is 11.8 Å². The van der Waals surface area contributed by atoms with Crippen molar-refractivity contribution in [2.75, 3.05) is 9.62 Å². The first-order valence-electron chi connectivity index (χ1n) is 9.51. The van der Waals surface area contributed by atoms with Crippen molar-refractivity contribution >= 4 is 27.3 Å². The third kappa shape index (κ3) is 3.28. The quantitative estimate of drug-likeness (QED) is 0.840. The van der Waals surface area contributed by atoms with Crippen molar-refractivity contribution in [2.24, 2.45) is 5.92 Å². The summed E-state index contributed by atoms with van der Waals surface area (Å²) in [5.41, 5.74) is 2.52. The number of nitrogens with zero attached hydrogens (tertiary/aromatic N) is 1. The van der Waals surface area contributed by atoms with E-state index in [2.05, 4.69) is 4.72 Å². The Labute approximate surface area is 164 Å². The van der Waals surface area contributed by atoms with Gasteiger partial charge in [0, 0.05) is 17.6 Å². The van der Waals surface area contributed by atoms with Gasteiger partial charge in [-0.25, -0.2) is 12.8 Å². The summed E-state index contributed by atoms with van der Waals surface area (Å²) < 4.78 is 41.4. The smallest absolute Gasteiger partial charge is 0.261 e. The Morgan fingerprint density at radius 3 is 2.57 bits per heavy atom. The van der Waals surface area contributed by atoms with Gasteiger partial charge in [-0.15, -0.1) is 0 Å². The molecule has 1 atom stereocenters. The second-order valence-corrected chi connectivity index (χ2v) is 9.43. The van der Waals surface area contributed by atoms with Crippen molar-refractivity contribution in [1.82, 2.24) is 0 Å². The number of rotatable bonds is 4. The van der Waals surface area contributed by atoms with Crippen LogP contribution in [0.3, 0.4) is 0 Å². The molecule has 0 aromatic heterocycles. The van der Waals surface area contributed by atoms with Crippen LogP contribution < -0.4 is 9.62 Å². The number of sulfonamides is 1. The summed E-state index contributed by atoms with van der Waals surface area (Å²) in [6, 6.07) is 8.83. The van der Waals surface area contributed by atoms with Gasteiger partial charge in [-0.2, -0.15) is 0 Å². The molecule has 1 heterocycles. The van der Waals surface area contributed by atoms with Crippen molar-refractivity contribution in [3.63, 3.8) is 0 Å². The van der Waals surface area contributed by atoms with Gasteiger partial charge in [0.25, 0.3) is 10.0 Å². The predicted octanol–water partition coefficient (Wildman–Crippen LogP) is 4.01. The molecule has 1 saturated carbocycles. The maximum absolute atomic E-state index is 13.3. The zero-order valence-corrected chi connectivity index (χ0v) is 16.7. The van der Waals surface area contributed by atoms with Crippen LogP contribution in [0.4, 0.5) is 15.8 Å². The SMILES string of the molecule is Cc1cc(F)ccc1NS(=O)(=O)c1ccc2c(c1)C[C@@H](C)N2C(=O)C1CCC1. The van der Waals surface area contributed by atoms with Gasteiger partial charge in [-0.1, -0.05) is 6.42 Å². The summed E-state index contributed by atoms with van der Waals surface area (Å²) in [5.74, 6) is -0.170. The minimum atomic E-state index is -3.81. The molecule has 1 aliphatic carbocycles. The van der Waals surface area contributed by atoms with Gasteiger partial charge in [0.05, 0.1) is 10.6 Å². The topological polar surface area (TPSA) is 66.5 Å². The minimum Gasteiger partial charge on any atom is -0.309 e. The molecule has 2 aliphatic rings. The van der Waals surface area contributed by atoms with Crippen LogP contribution in [0.25, 0.3) is 0 Å². The standard InChI is InChI=1S/C21H23FN2O3S/c1-13-10-17(22)6-8-19(13)23-28(26,27)18-7-9-20-16(12-18)11-14(2)24(20)21(25)15-4-3-5-15/h6-10,12,14-15,23H,3-5,11H2,1-2H3/t14-/m1/s1. The zero-order chi connectivity index (χ0) is 20.1. The molecule has 2 aromatic carbocycles. The first-order chi connectivity index (χ1) is 13.3. The van der Waals surface area contributed by atoms with Gasteiger partial charge in [-0.05, 0) is 80.6 Å². The second kappa shape index (κ2) is 6.88. The lowest BCUT2D eigenvalue weighted by Gasteiger charge is -2.32. The molecule has 1 amide bonds. The summed E-state index contributed by atoms with van der Waals surface area (Å²) in [5, 5.41) is 0.